The van der Waals surface area contributed by atoms with Gasteiger partial charge in [-0.3, -0.25) is 4.98 Å². The van der Waals surface area contributed by atoms with Crippen molar-refractivity contribution in [1.29, 1.82) is 0 Å². The Morgan fingerprint density at radius 2 is 1.90 bits per heavy atom. The molecule has 0 spiro atoms. The number of aromatic nitrogens is 4. The predicted octanol–water partition coefficient (Wildman–Crippen LogP) is 3.28. The lowest BCUT2D eigenvalue weighted by atomic mass is 10.0. The first-order valence-corrected chi connectivity index (χ1v) is 6.21. The van der Waals surface area contributed by atoms with Crippen molar-refractivity contribution < 1.29 is 4.52 Å². The van der Waals surface area contributed by atoms with Gasteiger partial charge in [-0.2, -0.15) is 0 Å². The van der Waals surface area contributed by atoms with Crippen LogP contribution in [0.3, 0.4) is 0 Å². The molecular weight excluding hydrogens is 252 g/mol. The summed E-state index contributed by atoms with van der Waals surface area (Å²) in [6.07, 6.45) is 8.88. The highest BCUT2D eigenvalue weighted by Gasteiger charge is 2.16. The first-order valence-electron chi connectivity index (χ1n) is 6.21. The summed E-state index contributed by atoms with van der Waals surface area (Å²) in [7, 11) is 0. The molecule has 1 N–H and O–H groups in total. The number of rotatable bonds is 2. The minimum atomic E-state index is 0.732. The van der Waals surface area contributed by atoms with E-state index in [4.69, 9.17) is 4.52 Å². The van der Waals surface area contributed by atoms with E-state index < -0.39 is 0 Å². The van der Waals surface area contributed by atoms with Gasteiger partial charge in [-0.15, -0.1) is 0 Å². The molecule has 0 saturated heterocycles. The van der Waals surface area contributed by atoms with E-state index in [0.29, 0.717) is 0 Å². The van der Waals surface area contributed by atoms with Gasteiger partial charge < -0.3 is 9.51 Å². The highest BCUT2D eigenvalue weighted by molar-refractivity contribution is 5.95. The van der Waals surface area contributed by atoms with Gasteiger partial charge in [0.2, 0.25) is 0 Å². The van der Waals surface area contributed by atoms with Crippen molar-refractivity contribution in [2.24, 2.45) is 0 Å². The fourth-order valence-corrected chi connectivity index (χ4v) is 2.31. The zero-order valence-corrected chi connectivity index (χ0v) is 10.4. The van der Waals surface area contributed by atoms with Crippen LogP contribution in [0.1, 0.15) is 0 Å². The van der Waals surface area contributed by atoms with Gasteiger partial charge in [-0.25, -0.2) is 4.98 Å². The molecule has 0 atom stereocenters. The van der Waals surface area contributed by atoms with Crippen molar-refractivity contribution in [1.82, 2.24) is 20.1 Å². The molecule has 5 heteroatoms. The molecule has 5 nitrogen and oxygen atoms in total. The van der Waals surface area contributed by atoms with Gasteiger partial charge in [0.15, 0.2) is 5.76 Å². The fraction of sp³-hybridized carbons (Fsp3) is 0. The SMILES string of the molecule is c1cnc2[nH]cc(-c3oncc3-c3ccncc3)c2c1. The topological polar surface area (TPSA) is 67.6 Å². The lowest BCUT2D eigenvalue weighted by Gasteiger charge is -1.99. The van der Waals surface area contributed by atoms with Gasteiger partial charge in [-0.1, -0.05) is 5.16 Å². The standard InChI is InChI=1S/C15H10N4O/c1-2-11-13(8-18-15(11)17-5-1)14-12(9-19-20-14)10-3-6-16-7-4-10/h1-9H,(H,17,18). The van der Waals surface area contributed by atoms with Crippen LogP contribution in [-0.4, -0.2) is 20.1 Å². The molecule has 0 aliphatic rings. The largest absolute Gasteiger partial charge is 0.356 e. The summed E-state index contributed by atoms with van der Waals surface area (Å²) in [4.78, 5) is 11.5. The molecule has 0 saturated carbocycles. The van der Waals surface area contributed by atoms with Crippen LogP contribution in [-0.2, 0) is 0 Å². The van der Waals surface area contributed by atoms with Crippen LogP contribution in [0.4, 0.5) is 0 Å². The average molecular weight is 262 g/mol. The summed E-state index contributed by atoms with van der Waals surface area (Å²) in [6.45, 7) is 0. The van der Waals surface area contributed by atoms with Crippen molar-refractivity contribution >= 4 is 11.0 Å². The lowest BCUT2D eigenvalue weighted by Crippen LogP contribution is -1.80. The fourth-order valence-electron chi connectivity index (χ4n) is 2.31. The number of nitrogens with one attached hydrogen (secondary N) is 1. The van der Waals surface area contributed by atoms with E-state index >= 15 is 0 Å². The summed E-state index contributed by atoms with van der Waals surface area (Å²) in [6, 6.07) is 7.78. The van der Waals surface area contributed by atoms with Gasteiger partial charge in [0.05, 0.1) is 6.20 Å². The number of aromatic amines is 1. The van der Waals surface area contributed by atoms with Gasteiger partial charge in [-0.05, 0) is 29.8 Å². The Labute approximate surface area is 114 Å². The molecule has 0 aliphatic carbocycles. The third kappa shape index (κ3) is 1.60. The molecule has 96 valence electrons. The highest BCUT2D eigenvalue weighted by Crippen LogP contribution is 2.35. The van der Waals surface area contributed by atoms with Crippen LogP contribution in [0.25, 0.3) is 33.5 Å². The minimum absolute atomic E-state index is 0.732. The Kier molecular flexibility index (Phi) is 2.35. The number of nitrogens with zero attached hydrogens (tertiary/aromatic N) is 3. The molecule has 4 rings (SSSR count). The van der Waals surface area contributed by atoms with Crippen molar-refractivity contribution in [2.75, 3.05) is 0 Å². The number of fused-ring (bicyclic) bond motifs is 1. The normalized spacial score (nSPS) is 11.0. The van der Waals surface area contributed by atoms with E-state index in [0.717, 1.165) is 33.5 Å². The van der Waals surface area contributed by atoms with Crippen molar-refractivity contribution in [2.45, 2.75) is 0 Å². The third-order valence-corrected chi connectivity index (χ3v) is 3.26. The van der Waals surface area contributed by atoms with Crippen LogP contribution < -0.4 is 0 Å². The van der Waals surface area contributed by atoms with E-state index in [1.807, 2.05) is 30.5 Å². The summed E-state index contributed by atoms with van der Waals surface area (Å²) in [5, 5.41) is 4.95. The minimum Gasteiger partial charge on any atom is -0.356 e. The first-order chi connectivity index (χ1) is 9.93. The predicted molar refractivity (Wildman–Crippen MR) is 74.8 cm³/mol. The smallest absolute Gasteiger partial charge is 0.176 e. The van der Waals surface area contributed by atoms with Crippen molar-refractivity contribution in [3.8, 4) is 22.5 Å². The Balaban J connectivity index is 1.94. The number of hydrogen-bond acceptors (Lipinski definition) is 4. The Hall–Kier alpha value is -2.95. The molecular formula is C15H10N4O. The summed E-state index contributed by atoms with van der Waals surface area (Å²) >= 11 is 0. The molecule has 4 aromatic rings. The number of H-pyrrole nitrogens is 1. The molecule has 0 aromatic carbocycles. The Bertz CT molecular complexity index is 864. The van der Waals surface area contributed by atoms with E-state index in [9.17, 15) is 0 Å². The van der Waals surface area contributed by atoms with Crippen molar-refractivity contribution in [3.63, 3.8) is 0 Å². The van der Waals surface area contributed by atoms with Crippen LogP contribution in [0.5, 0.6) is 0 Å². The summed E-state index contributed by atoms with van der Waals surface area (Å²) in [5.41, 5.74) is 3.75. The van der Waals surface area contributed by atoms with Crippen molar-refractivity contribution in [3.05, 3.63) is 55.2 Å². The zero-order chi connectivity index (χ0) is 13.4. The monoisotopic (exact) mass is 262 g/mol. The zero-order valence-electron chi connectivity index (χ0n) is 10.4. The lowest BCUT2D eigenvalue weighted by molar-refractivity contribution is 0.433. The van der Waals surface area contributed by atoms with Gasteiger partial charge in [0.25, 0.3) is 0 Å². The molecule has 0 amide bonds. The van der Waals surface area contributed by atoms with Gasteiger partial charge in [0, 0.05) is 41.3 Å². The summed E-state index contributed by atoms with van der Waals surface area (Å²) in [5.74, 6) is 0.732. The van der Waals surface area contributed by atoms with Crippen LogP contribution in [0.2, 0.25) is 0 Å². The molecule has 0 radical (unpaired) electrons. The van der Waals surface area contributed by atoms with Crippen LogP contribution in [0, 0.1) is 0 Å². The molecule has 4 aromatic heterocycles. The second kappa shape index (κ2) is 4.31. The average Bonchev–Trinajstić information content (AvgIpc) is 3.14. The molecule has 0 unspecified atom stereocenters. The van der Waals surface area contributed by atoms with E-state index in [2.05, 4.69) is 20.1 Å². The van der Waals surface area contributed by atoms with Crippen LogP contribution in [0.15, 0.2) is 59.8 Å². The third-order valence-electron chi connectivity index (χ3n) is 3.26. The highest BCUT2D eigenvalue weighted by atomic mass is 16.5. The quantitative estimate of drug-likeness (QED) is 0.602. The molecule has 0 fully saturated rings. The Morgan fingerprint density at radius 1 is 1.00 bits per heavy atom. The Morgan fingerprint density at radius 3 is 2.80 bits per heavy atom. The maximum absolute atomic E-state index is 5.45. The van der Waals surface area contributed by atoms with E-state index in [1.54, 1.807) is 24.8 Å². The van der Waals surface area contributed by atoms with Crippen LogP contribution >= 0.6 is 0 Å². The maximum atomic E-state index is 5.45. The van der Waals surface area contributed by atoms with Gasteiger partial charge >= 0.3 is 0 Å². The molecule has 20 heavy (non-hydrogen) atoms. The van der Waals surface area contributed by atoms with E-state index in [1.165, 1.54) is 0 Å². The second-order valence-electron chi connectivity index (χ2n) is 4.41. The number of hydrogen-bond donors (Lipinski definition) is 1. The first kappa shape index (κ1) is 10.9. The van der Waals surface area contributed by atoms with E-state index in [-0.39, 0.29) is 0 Å². The number of pyridine rings is 2. The molecule has 0 bridgehead atoms. The summed E-state index contributed by atoms with van der Waals surface area (Å²) < 4.78 is 5.45. The maximum Gasteiger partial charge on any atom is 0.176 e. The molecule has 0 aliphatic heterocycles. The second-order valence-corrected chi connectivity index (χ2v) is 4.41. The molecule has 4 heterocycles. The van der Waals surface area contributed by atoms with Gasteiger partial charge in [0.1, 0.15) is 5.65 Å².